The van der Waals surface area contributed by atoms with Gasteiger partial charge in [0.15, 0.2) is 0 Å². The zero-order chi connectivity index (χ0) is 16.8. The van der Waals surface area contributed by atoms with Crippen molar-refractivity contribution in [1.29, 1.82) is 0 Å². The van der Waals surface area contributed by atoms with Crippen molar-refractivity contribution in [1.82, 2.24) is 14.5 Å². The number of likely N-dealkylation sites (tertiary alicyclic amines) is 1. The molecule has 0 spiro atoms. The van der Waals surface area contributed by atoms with Gasteiger partial charge < -0.3 is 9.47 Å². The van der Waals surface area contributed by atoms with Gasteiger partial charge in [-0.25, -0.2) is 4.98 Å². The minimum atomic E-state index is 0.146. The third kappa shape index (κ3) is 2.43. The predicted molar refractivity (Wildman–Crippen MR) is 101 cm³/mol. The van der Waals surface area contributed by atoms with Gasteiger partial charge in [-0.15, -0.1) is 11.3 Å². The van der Waals surface area contributed by atoms with Crippen molar-refractivity contribution in [3.8, 4) is 0 Å². The Kier molecular flexibility index (Phi) is 3.35. The van der Waals surface area contributed by atoms with Crippen LogP contribution in [0.5, 0.6) is 0 Å². The molecule has 0 aliphatic carbocycles. The van der Waals surface area contributed by atoms with Crippen LogP contribution < -0.4 is 0 Å². The Morgan fingerprint density at radius 2 is 1.96 bits per heavy atom. The number of nitrogens with zero attached hydrogens (tertiary/aromatic N) is 3. The lowest BCUT2D eigenvalue weighted by Gasteiger charge is -2.16. The molecule has 5 rings (SSSR count). The van der Waals surface area contributed by atoms with Crippen molar-refractivity contribution in [2.24, 2.45) is 0 Å². The summed E-state index contributed by atoms with van der Waals surface area (Å²) in [6.45, 7) is 1.54. The van der Waals surface area contributed by atoms with Gasteiger partial charge in [0.2, 0.25) is 0 Å². The highest BCUT2D eigenvalue weighted by atomic mass is 32.1. The first-order valence-electron chi connectivity index (χ1n) is 8.49. The number of para-hydroxylation sites is 2. The van der Waals surface area contributed by atoms with Crippen molar-refractivity contribution in [2.75, 3.05) is 13.1 Å². The average Bonchev–Trinajstić information content (AvgIpc) is 3.37. The average molecular weight is 347 g/mol. The maximum atomic E-state index is 12.9. The second-order valence-corrected chi connectivity index (χ2v) is 7.57. The number of hydrogen-bond donors (Lipinski definition) is 0. The van der Waals surface area contributed by atoms with Gasteiger partial charge in [0.05, 0.1) is 28.3 Å². The first-order valence-corrected chi connectivity index (χ1v) is 9.31. The lowest BCUT2D eigenvalue weighted by molar-refractivity contribution is 0.0792. The van der Waals surface area contributed by atoms with E-state index in [0.717, 1.165) is 40.8 Å². The summed E-state index contributed by atoms with van der Waals surface area (Å²) in [5.41, 5.74) is 2.15. The molecule has 1 aliphatic heterocycles. The highest BCUT2D eigenvalue weighted by Gasteiger charge is 2.29. The molecule has 3 heterocycles. The molecular weight excluding hydrogens is 330 g/mol. The summed E-state index contributed by atoms with van der Waals surface area (Å²) in [5, 5.41) is 1.15. The van der Waals surface area contributed by atoms with Crippen LogP contribution in [0, 0.1) is 0 Å². The summed E-state index contributed by atoms with van der Waals surface area (Å²) in [7, 11) is 0. The SMILES string of the molecule is O=C(c1cc2ccccc2s1)N1CCC(n2cnc3ccccc32)C1. The van der Waals surface area contributed by atoms with E-state index >= 15 is 0 Å². The summed E-state index contributed by atoms with van der Waals surface area (Å²) in [5.74, 6) is 0.146. The molecule has 0 saturated carbocycles. The molecule has 0 N–H and O–H groups in total. The molecule has 4 nitrogen and oxygen atoms in total. The van der Waals surface area contributed by atoms with Crippen LogP contribution in [0.3, 0.4) is 0 Å². The number of benzene rings is 2. The van der Waals surface area contributed by atoms with Crippen LogP contribution >= 0.6 is 11.3 Å². The Morgan fingerprint density at radius 1 is 1.12 bits per heavy atom. The molecule has 4 aromatic rings. The van der Waals surface area contributed by atoms with Crippen molar-refractivity contribution in [2.45, 2.75) is 12.5 Å². The van der Waals surface area contributed by atoms with Gasteiger partial charge in [-0.2, -0.15) is 0 Å². The Labute approximate surface area is 149 Å². The van der Waals surface area contributed by atoms with E-state index in [-0.39, 0.29) is 5.91 Å². The summed E-state index contributed by atoms with van der Waals surface area (Å²) in [6, 6.07) is 18.6. The van der Waals surface area contributed by atoms with Crippen LogP contribution in [0.25, 0.3) is 21.1 Å². The Balaban J connectivity index is 1.40. The smallest absolute Gasteiger partial charge is 0.264 e. The molecular formula is C20H17N3OS. The highest BCUT2D eigenvalue weighted by Crippen LogP contribution is 2.30. The molecule has 124 valence electrons. The third-order valence-corrected chi connectivity index (χ3v) is 6.07. The largest absolute Gasteiger partial charge is 0.336 e. The predicted octanol–water partition coefficient (Wildman–Crippen LogP) is 4.34. The van der Waals surface area contributed by atoms with Crippen LogP contribution in [0.4, 0.5) is 0 Å². The number of amides is 1. The monoisotopic (exact) mass is 347 g/mol. The second-order valence-electron chi connectivity index (χ2n) is 6.48. The number of imidazole rings is 1. The van der Waals surface area contributed by atoms with Crippen LogP contribution in [-0.2, 0) is 0 Å². The van der Waals surface area contributed by atoms with E-state index in [2.05, 4.69) is 27.8 Å². The van der Waals surface area contributed by atoms with Gasteiger partial charge in [0, 0.05) is 17.8 Å². The minimum absolute atomic E-state index is 0.146. The summed E-state index contributed by atoms with van der Waals surface area (Å²) >= 11 is 1.58. The van der Waals surface area contributed by atoms with E-state index in [9.17, 15) is 4.79 Å². The molecule has 1 saturated heterocycles. The van der Waals surface area contributed by atoms with Crippen LogP contribution in [-0.4, -0.2) is 33.4 Å². The van der Waals surface area contributed by atoms with Crippen LogP contribution in [0.1, 0.15) is 22.1 Å². The molecule has 1 amide bonds. The van der Waals surface area contributed by atoms with E-state index in [1.54, 1.807) is 11.3 Å². The number of aromatic nitrogens is 2. The van der Waals surface area contributed by atoms with E-state index < -0.39 is 0 Å². The van der Waals surface area contributed by atoms with Gasteiger partial charge in [-0.05, 0) is 36.1 Å². The molecule has 2 aromatic heterocycles. The van der Waals surface area contributed by atoms with Crippen molar-refractivity contribution >= 4 is 38.4 Å². The molecule has 1 fully saturated rings. The molecule has 2 aromatic carbocycles. The van der Waals surface area contributed by atoms with Crippen molar-refractivity contribution in [3.05, 3.63) is 65.8 Å². The maximum absolute atomic E-state index is 12.9. The van der Waals surface area contributed by atoms with Gasteiger partial charge in [-0.1, -0.05) is 30.3 Å². The number of rotatable bonds is 2. The first-order chi connectivity index (χ1) is 12.3. The normalized spacial score (nSPS) is 17.6. The zero-order valence-electron chi connectivity index (χ0n) is 13.6. The van der Waals surface area contributed by atoms with Crippen LogP contribution in [0.15, 0.2) is 60.9 Å². The number of hydrogen-bond acceptors (Lipinski definition) is 3. The molecule has 1 atom stereocenters. The standard InChI is InChI=1S/C20H17N3OS/c24-20(19-11-14-5-1-4-8-18(14)25-19)22-10-9-15(12-22)23-13-21-16-6-2-3-7-17(16)23/h1-8,11,13,15H,9-10,12H2. The molecule has 25 heavy (non-hydrogen) atoms. The fourth-order valence-corrected chi connectivity index (χ4v) is 4.70. The van der Waals surface area contributed by atoms with E-state index in [4.69, 9.17) is 0 Å². The lowest BCUT2D eigenvalue weighted by atomic mass is 10.2. The summed E-state index contributed by atoms with van der Waals surface area (Å²) in [4.78, 5) is 20.2. The quantitative estimate of drug-likeness (QED) is 0.541. The fraction of sp³-hybridized carbons (Fsp3) is 0.200. The van der Waals surface area contributed by atoms with E-state index in [1.165, 1.54) is 4.70 Å². The Hall–Kier alpha value is -2.66. The number of carbonyl (C=O) groups excluding carboxylic acids is 1. The summed E-state index contributed by atoms with van der Waals surface area (Å²) in [6.07, 6.45) is 2.87. The maximum Gasteiger partial charge on any atom is 0.264 e. The summed E-state index contributed by atoms with van der Waals surface area (Å²) < 4.78 is 3.38. The van der Waals surface area contributed by atoms with Crippen molar-refractivity contribution in [3.63, 3.8) is 0 Å². The van der Waals surface area contributed by atoms with Gasteiger partial charge >= 0.3 is 0 Å². The second kappa shape index (κ2) is 5.70. The molecule has 5 heteroatoms. The Bertz CT molecular complexity index is 1050. The third-order valence-electron chi connectivity index (χ3n) is 4.96. The van der Waals surface area contributed by atoms with Gasteiger partial charge in [-0.3, -0.25) is 4.79 Å². The molecule has 0 bridgehead atoms. The number of carbonyl (C=O) groups is 1. The molecule has 0 radical (unpaired) electrons. The lowest BCUT2D eigenvalue weighted by Crippen LogP contribution is -2.28. The van der Waals surface area contributed by atoms with E-state index in [1.807, 2.05) is 47.6 Å². The highest BCUT2D eigenvalue weighted by molar-refractivity contribution is 7.20. The van der Waals surface area contributed by atoms with Crippen LogP contribution in [0.2, 0.25) is 0 Å². The van der Waals surface area contributed by atoms with Gasteiger partial charge in [0.25, 0.3) is 5.91 Å². The Morgan fingerprint density at radius 3 is 2.88 bits per heavy atom. The van der Waals surface area contributed by atoms with Gasteiger partial charge in [0.1, 0.15) is 0 Å². The van der Waals surface area contributed by atoms with Crippen molar-refractivity contribution < 1.29 is 4.79 Å². The minimum Gasteiger partial charge on any atom is -0.336 e. The number of fused-ring (bicyclic) bond motifs is 2. The zero-order valence-corrected chi connectivity index (χ0v) is 14.4. The number of thiophene rings is 1. The molecule has 1 unspecified atom stereocenters. The molecule has 1 aliphatic rings. The van der Waals surface area contributed by atoms with E-state index in [0.29, 0.717) is 6.04 Å². The fourth-order valence-electron chi connectivity index (χ4n) is 3.67. The topological polar surface area (TPSA) is 38.1 Å². The first kappa shape index (κ1) is 14.7.